The molecule has 3 nitrogen and oxygen atoms in total. The van der Waals surface area contributed by atoms with Gasteiger partial charge in [0.25, 0.3) is 11.7 Å². The molecular weight excluding hydrogens is 281 g/mol. The van der Waals surface area contributed by atoms with Crippen LogP contribution in [0.5, 0.6) is 0 Å². The molecule has 2 N–H and O–H groups in total. The fourth-order valence-corrected chi connectivity index (χ4v) is 1.47. The lowest BCUT2D eigenvalue weighted by atomic mass is 10.2. The number of aromatic nitrogens is 1. The summed E-state index contributed by atoms with van der Waals surface area (Å²) < 4.78 is 24.6. The first-order valence-corrected chi connectivity index (χ1v) is 4.54. The molecule has 0 saturated carbocycles. The van der Waals surface area contributed by atoms with Crippen LogP contribution in [0.4, 0.5) is 14.6 Å². The molecule has 0 bridgehead atoms. The number of carbonyl (C=O) groups excluding carboxylic acids is 1. The van der Waals surface area contributed by atoms with E-state index in [0.717, 1.165) is 6.07 Å². The summed E-state index contributed by atoms with van der Waals surface area (Å²) in [7, 11) is 0. The molecule has 14 heavy (non-hydrogen) atoms. The summed E-state index contributed by atoms with van der Waals surface area (Å²) in [6, 6.07) is 0.903. The van der Waals surface area contributed by atoms with E-state index in [1.165, 1.54) is 0 Å². The van der Waals surface area contributed by atoms with Crippen LogP contribution in [0.15, 0.2) is 10.5 Å². The Bertz CT molecular complexity index is 386. The Morgan fingerprint density at radius 1 is 1.64 bits per heavy atom. The molecule has 1 heterocycles. The smallest absolute Gasteiger partial charge is 0.280 e. The van der Waals surface area contributed by atoms with Crippen molar-refractivity contribution in [2.24, 2.45) is 0 Å². The average Bonchev–Trinajstić information content (AvgIpc) is 2.08. The predicted molar refractivity (Wildman–Crippen MR) is 51.5 cm³/mol. The van der Waals surface area contributed by atoms with E-state index in [1.807, 2.05) is 0 Å². The summed E-state index contributed by atoms with van der Waals surface area (Å²) >= 11 is 8.09. The summed E-state index contributed by atoms with van der Waals surface area (Å²) in [6.07, 6.45) is -2.79. The van der Waals surface area contributed by atoms with Gasteiger partial charge in [-0.15, -0.1) is 0 Å². The van der Waals surface area contributed by atoms with Crippen molar-refractivity contribution in [1.29, 1.82) is 0 Å². The van der Waals surface area contributed by atoms with Crippen molar-refractivity contribution in [3.63, 3.8) is 0 Å². The first kappa shape index (κ1) is 11.3. The van der Waals surface area contributed by atoms with E-state index < -0.39 is 17.4 Å². The first-order chi connectivity index (χ1) is 6.43. The molecule has 0 spiro atoms. The highest BCUT2D eigenvalue weighted by Crippen LogP contribution is 2.28. The van der Waals surface area contributed by atoms with Gasteiger partial charge in [-0.05, 0) is 33.6 Å². The van der Waals surface area contributed by atoms with E-state index in [2.05, 4.69) is 20.9 Å². The molecular formula is C7H4BrClF2N2O. The van der Waals surface area contributed by atoms with Crippen LogP contribution in [0.25, 0.3) is 0 Å². The molecule has 0 saturated heterocycles. The third-order valence-electron chi connectivity index (χ3n) is 1.44. The van der Waals surface area contributed by atoms with Crippen molar-refractivity contribution < 1.29 is 13.6 Å². The minimum absolute atomic E-state index is 0.116. The van der Waals surface area contributed by atoms with Gasteiger partial charge < -0.3 is 5.73 Å². The van der Waals surface area contributed by atoms with Gasteiger partial charge in [0.2, 0.25) is 0 Å². The summed E-state index contributed by atoms with van der Waals surface area (Å²) in [6.45, 7) is 0. The lowest BCUT2D eigenvalue weighted by Crippen LogP contribution is -2.03. The van der Waals surface area contributed by atoms with Crippen molar-refractivity contribution in [2.45, 2.75) is 6.43 Å². The highest BCUT2D eigenvalue weighted by molar-refractivity contribution is 9.10. The van der Waals surface area contributed by atoms with Crippen LogP contribution < -0.4 is 5.73 Å². The molecule has 0 fully saturated rings. The van der Waals surface area contributed by atoms with Crippen LogP contribution in [0.3, 0.4) is 0 Å². The summed E-state index contributed by atoms with van der Waals surface area (Å²) in [5.74, 6) is -0.188. The average molecular weight is 285 g/mol. The van der Waals surface area contributed by atoms with E-state index in [-0.39, 0.29) is 15.9 Å². The Kier molecular flexibility index (Phi) is 3.38. The van der Waals surface area contributed by atoms with Gasteiger partial charge in [0.05, 0.1) is 10.0 Å². The van der Waals surface area contributed by atoms with Gasteiger partial charge in [0.1, 0.15) is 11.5 Å². The predicted octanol–water partition coefficient (Wildman–Crippen LogP) is 2.74. The summed E-state index contributed by atoms with van der Waals surface area (Å²) in [4.78, 5) is 14.2. The lowest BCUT2D eigenvalue weighted by molar-refractivity contribution is 0.108. The number of nitrogens with zero attached hydrogens (tertiary/aromatic N) is 1. The third-order valence-corrected chi connectivity index (χ3v) is 2.48. The van der Waals surface area contributed by atoms with Gasteiger partial charge >= 0.3 is 0 Å². The third kappa shape index (κ3) is 2.19. The van der Waals surface area contributed by atoms with Crippen LogP contribution in [0, 0.1) is 0 Å². The van der Waals surface area contributed by atoms with Gasteiger partial charge in [-0.2, -0.15) is 0 Å². The Labute approximate surface area is 91.4 Å². The Hall–Kier alpha value is -0.750. The normalized spacial score (nSPS) is 10.6. The molecule has 7 heteroatoms. The molecule has 76 valence electrons. The minimum Gasteiger partial charge on any atom is -0.383 e. The molecule has 1 rings (SSSR count). The topological polar surface area (TPSA) is 56.0 Å². The highest BCUT2D eigenvalue weighted by Gasteiger charge is 2.17. The van der Waals surface area contributed by atoms with Gasteiger partial charge in [0.15, 0.2) is 0 Å². The maximum absolute atomic E-state index is 12.2. The first-order valence-electron chi connectivity index (χ1n) is 3.37. The second kappa shape index (κ2) is 4.18. The zero-order valence-electron chi connectivity index (χ0n) is 6.60. The summed E-state index contributed by atoms with van der Waals surface area (Å²) in [5.41, 5.74) is 4.60. The maximum atomic E-state index is 12.2. The monoisotopic (exact) mass is 284 g/mol. The number of rotatable bonds is 2. The highest BCUT2D eigenvalue weighted by atomic mass is 79.9. The van der Waals surface area contributed by atoms with E-state index in [1.54, 1.807) is 0 Å². The fraction of sp³-hybridized carbons (Fsp3) is 0.143. The lowest BCUT2D eigenvalue weighted by Gasteiger charge is -2.05. The van der Waals surface area contributed by atoms with E-state index >= 15 is 0 Å². The standard InChI is InChI=1S/C7H4BrClF2N2O/c8-4-2(5(9)14)1-3(6(10)11)13-7(4)12/h1,6H,(H2,12,13). The van der Waals surface area contributed by atoms with Crippen molar-refractivity contribution in [3.8, 4) is 0 Å². The van der Waals surface area contributed by atoms with Gasteiger partial charge in [-0.3, -0.25) is 4.79 Å². The number of hydrogen-bond acceptors (Lipinski definition) is 3. The maximum Gasteiger partial charge on any atom is 0.280 e. The molecule has 1 aromatic heterocycles. The largest absolute Gasteiger partial charge is 0.383 e. The number of alkyl halides is 2. The molecule has 0 radical (unpaired) electrons. The zero-order chi connectivity index (χ0) is 10.9. The molecule has 1 aromatic rings. The molecule has 0 amide bonds. The number of hydrogen-bond donors (Lipinski definition) is 1. The Balaban J connectivity index is 3.35. The number of nitrogens with two attached hydrogens (primary N) is 1. The number of nitrogen functional groups attached to an aromatic ring is 1. The van der Waals surface area contributed by atoms with Gasteiger partial charge in [-0.25, -0.2) is 13.8 Å². The Morgan fingerprint density at radius 3 is 2.64 bits per heavy atom. The van der Waals surface area contributed by atoms with Crippen molar-refractivity contribution in [3.05, 3.63) is 21.8 Å². The number of pyridine rings is 1. The molecule has 0 unspecified atom stereocenters. The number of halogens is 4. The SMILES string of the molecule is Nc1nc(C(F)F)cc(C(=O)Cl)c1Br. The molecule has 0 aliphatic heterocycles. The minimum atomic E-state index is -2.79. The van der Waals surface area contributed by atoms with Gasteiger partial charge in [-0.1, -0.05) is 0 Å². The Morgan fingerprint density at radius 2 is 2.21 bits per heavy atom. The van der Waals surface area contributed by atoms with Crippen LogP contribution >= 0.6 is 27.5 Å². The number of carbonyl (C=O) groups is 1. The second-order valence-corrected chi connectivity index (χ2v) is 3.50. The van der Waals surface area contributed by atoms with E-state index in [4.69, 9.17) is 17.3 Å². The van der Waals surface area contributed by atoms with Crippen LogP contribution in [-0.2, 0) is 0 Å². The molecule has 0 aromatic carbocycles. The van der Waals surface area contributed by atoms with Crippen molar-refractivity contribution >= 4 is 38.6 Å². The van der Waals surface area contributed by atoms with Crippen LogP contribution in [-0.4, -0.2) is 10.2 Å². The van der Waals surface area contributed by atoms with Crippen LogP contribution in [0.1, 0.15) is 22.5 Å². The second-order valence-electron chi connectivity index (χ2n) is 2.37. The van der Waals surface area contributed by atoms with Crippen LogP contribution in [0.2, 0.25) is 0 Å². The molecule has 0 aliphatic rings. The van der Waals surface area contributed by atoms with E-state index in [9.17, 15) is 13.6 Å². The van der Waals surface area contributed by atoms with Crippen molar-refractivity contribution in [1.82, 2.24) is 4.98 Å². The zero-order valence-corrected chi connectivity index (χ0v) is 8.94. The van der Waals surface area contributed by atoms with Gasteiger partial charge in [0, 0.05) is 0 Å². The summed E-state index contributed by atoms with van der Waals surface area (Å²) in [5, 5.41) is -0.868. The molecule has 0 atom stereocenters. The quantitative estimate of drug-likeness (QED) is 0.850. The fourth-order valence-electron chi connectivity index (χ4n) is 0.824. The van der Waals surface area contributed by atoms with Crippen molar-refractivity contribution in [2.75, 3.05) is 5.73 Å². The molecule has 0 aliphatic carbocycles. The van der Waals surface area contributed by atoms with E-state index in [0.29, 0.717) is 0 Å². The number of anilines is 1.